The van der Waals surface area contributed by atoms with E-state index in [0.29, 0.717) is 48.9 Å². The SMILES string of the molecule is COc1cc2ccc1O[C@H]1CN(CCCS(=O)(=O)N(C)C)C[C@@H]1NC(=O)c1ccc(C)c(c1)-c1cccc(c1)OCC(=O)NC2. The predicted octanol–water partition coefficient (Wildman–Crippen LogP) is 2.82. The van der Waals surface area contributed by atoms with Crippen LogP contribution in [0.4, 0.5) is 0 Å². The molecule has 1 saturated heterocycles. The Hall–Kier alpha value is -4.13. The van der Waals surface area contributed by atoms with Crippen LogP contribution in [-0.4, -0.2) is 94.8 Å². The second-order valence-electron chi connectivity index (χ2n) is 11.6. The van der Waals surface area contributed by atoms with Crippen molar-refractivity contribution in [3.8, 4) is 28.4 Å². The number of hydrogen-bond acceptors (Lipinski definition) is 8. The van der Waals surface area contributed by atoms with E-state index in [1.54, 1.807) is 31.4 Å². The van der Waals surface area contributed by atoms with Gasteiger partial charge < -0.3 is 24.8 Å². The van der Waals surface area contributed by atoms with E-state index >= 15 is 0 Å². The number of hydrogen-bond donors (Lipinski definition) is 2. The van der Waals surface area contributed by atoms with Crippen LogP contribution >= 0.6 is 0 Å². The number of methoxy groups -OCH3 is 1. The van der Waals surface area contributed by atoms with Crippen LogP contribution in [0.25, 0.3) is 11.1 Å². The van der Waals surface area contributed by atoms with Gasteiger partial charge in [-0.2, -0.15) is 0 Å². The summed E-state index contributed by atoms with van der Waals surface area (Å²) in [6, 6.07) is 18.1. The molecule has 6 bridgehead atoms. The minimum atomic E-state index is -3.32. The van der Waals surface area contributed by atoms with Crippen molar-refractivity contribution in [3.63, 3.8) is 0 Å². The molecule has 0 aromatic heterocycles. The van der Waals surface area contributed by atoms with Crippen LogP contribution in [0.15, 0.2) is 60.7 Å². The Morgan fingerprint density at radius 3 is 2.62 bits per heavy atom. The molecule has 3 aliphatic heterocycles. The van der Waals surface area contributed by atoms with Crippen molar-refractivity contribution in [2.24, 2.45) is 0 Å². The van der Waals surface area contributed by atoms with Crippen molar-refractivity contribution >= 4 is 21.8 Å². The summed E-state index contributed by atoms with van der Waals surface area (Å²) in [7, 11) is 1.29. The van der Waals surface area contributed by atoms with E-state index in [-0.39, 0.29) is 36.8 Å². The highest BCUT2D eigenvalue weighted by atomic mass is 32.2. The van der Waals surface area contributed by atoms with Gasteiger partial charge in [0, 0.05) is 39.3 Å². The summed E-state index contributed by atoms with van der Waals surface area (Å²) in [5.74, 6) is 1.06. The lowest BCUT2D eigenvalue weighted by Crippen LogP contribution is -2.45. The van der Waals surface area contributed by atoms with E-state index in [0.717, 1.165) is 22.3 Å². The van der Waals surface area contributed by atoms with Crippen molar-refractivity contribution in [1.82, 2.24) is 19.8 Å². The van der Waals surface area contributed by atoms with Crippen LogP contribution in [0.2, 0.25) is 0 Å². The van der Waals surface area contributed by atoms with Gasteiger partial charge in [0.15, 0.2) is 18.1 Å². The first kappa shape index (κ1) is 32.3. The average Bonchev–Trinajstić information content (AvgIpc) is 3.39. The number of nitrogens with one attached hydrogen (secondary N) is 2. The van der Waals surface area contributed by atoms with E-state index in [1.807, 2.05) is 43.3 Å². The normalized spacial score (nSPS) is 19.2. The van der Waals surface area contributed by atoms with Crippen molar-refractivity contribution in [2.45, 2.75) is 32.0 Å². The summed E-state index contributed by atoms with van der Waals surface area (Å²) >= 11 is 0. The summed E-state index contributed by atoms with van der Waals surface area (Å²) in [6.07, 6.45) is 0.0186. The number of carbonyl (C=O) groups excluding carboxylic acids is 2. The number of fused-ring (bicyclic) bond motifs is 7. The number of aryl methyl sites for hydroxylation is 1. The summed E-state index contributed by atoms with van der Waals surface area (Å²) in [5, 5.41) is 6.06. The Balaban J connectivity index is 1.45. The zero-order chi connectivity index (χ0) is 32.1. The third kappa shape index (κ3) is 7.94. The van der Waals surface area contributed by atoms with E-state index in [2.05, 4.69) is 15.5 Å². The Morgan fingerprint density at radius 2 is 1.84 bits per heavy atom. The van der Waals surface area contributed by atoms with Crippen LogP contribution in [0, 0.1) is 6.92 Å². The number of carbonyl (C=O) groups is 2. The summed E-state index contributed by atoms with van der Waals surface area (Å²) in [6.45, 7) is 3.61. The summed E-state index contributed by atoms with van der Waals surface area (Å²) in [5.41, 5.74) is 4.03. The molecule has 12 heteroatoms. The van der Waals surface area contributed by atoms with Crippen LogP contribution in [-0.2, 0) is 21.4 Å². The Morgan fingerprint density at radius 1 is 1.02 bits per heavy atom. The fourth-order valence-electron chi connectivity index (χ4n) is 5.51. The van der Waals surface area contributed by atoms with E-state index in [1.165, 1.54) is 18.4 Å². The highest BCUT2D eigenvalue weighted by Gasteiger charge is 2.36. The van der Waals surface area contributed by atoms with Gasteiger partial charge in [-0.15, -0.1) is 0 Å². The van der Waals surface area contributed by atoms with Crippen molar-refractivity contribution in [2.75, 3.05) is 53.2 Å². The first-order valence-electron chi connectivity index (χ1n) is 14.9. The maximum Gasteiger partial charge on any atom is 0.258 e. The maximum atomic E-state index is 13.7. The molecule has 3 heterocycles. The first-order chi connectivity index (χ1) is 21.5. The van der Waals surface area contributed by atoms with Crippen LogP contribution < -0.4 is 24.8 Å². The standard InChI is InChI=1S/C33H40N4O7S/c1-22-9-11-25-17-27(22)24-7-5-8-26(16-24)43-21-32(38)34-18-23-10-12-29(30(15-23)42-4)44-31-20-37(19-28(31)35-33(25)39)13-6-14-45(40,41)36(2)3/h5,7-12,15-17,28,31H,6,13-14,18-21H2,1-4H3,(H,34,38)(H,35,39)/t28-,31-/m0/s1. The number of amides is 2. The lowest BCUT2D eigenvalue weighted by atomic mass is 9.97. The molecule has 0 radical (unpaired) electrons. The van der Waals surface area contributed by atoms with Crippen molar-refractivity contribution < 1.29 is 32.2 Å². The third-order valence-corrected chi connectivity index (χ3v) is 10.0. The summed E-state index contributed by atoms with van der Waals surface area (Å²) in [4.78, 5) is 28.4. The molecule has 1 fully saturated rings. The van der Waals surface area contributed by atoms with Gasteiger partial charge in [0.25, 0.3) is 11.8 Å². The molecule has 3 aromatic rings. The Kier molecular flexibility index (Phi) is 9.96. The minimum absolute atomic E-state index is 0.0310. The molecular formula is C33H40N4O7S. The second kappa shape index (κ2) is 13.9. The number of rotatable bonds is 6. The molecule has 45 heavy (non-hydrogen) atoms. The molecule has 2 N–H and O–H groups in total. The molecule has 0 aliphatic carbocycles. The van der Waals surface area contributed by atoms with Gasteiger partial charge in [-0.05, 0) is 78.5 Å². The van der Waals surface area contributed by atoms with Gasteiger partial charge in [-0.3, -0.25) is 14.5 Å². The van der Waals surface area contributed by atoms with Gasteiger partial charge in [-0.25, -0.2) is 12.7 Å². The molecule has 3 aliphatic rings. The quantitative estimate of drug-likeness (QED) is 0.423. The Labute approximate surface area is 264 Å². The molecule has 0 spiro atoms. The number of benzene rings is 3. The lowest BCUT2D eigenvalue weighted by molar-refractivity contribution is -0.123. The van der Waals surface area contributed by atoms with Crippen LogP contribution in [0.1, 0.15) is 27.9 Å². The van der Waals surface area contributed by atoms with Gasteiger partial charge >= 0.3 is 0 Å². The first-order valence-corrected chi connectivity index (χ1v) is 16.5. The monoisotopic (exact) mass is 636 g/mol. The largest absolute Gasteiger partial charge is 0.493 e. The van der Waals surface area contributed by atoms with E-state index in [9.17, 15) is 18.0 Å². The fourth-order valence-corrected chi connectivity index (χ4v) is 6.37. The number of ether oxygens (including phenoxy) is 3. The zero-order valence-corrected chi connectivity index (χ0v) is 26.9. The summed E-state index contributed by atoms with van der Waals surface area (Å²) < 4.78 is 43.7. The fraction of sp³-hybridized carbons (Fsp3) is 0.394. The third-order valence-electron chi connectivity index (χ3n) is 8.10. The smallest absolute Gasteiger partial charge is 0.258 e. The van der Waals surface area contributed by atoms with Crippen LogP contribution in [0.5, 0.6) is 17.2 Å². The zero-order valence-electron chi connectivity index (χ0n) is 26.0. The topological polar surface area (TPSA) is 127 Å². The highest BCUT2D eigenvalue weighted by Crippen LogP contribution is 2.32. The molecule has 240 valence electrons. The number of likely N-dealkylation sites (tertiary alicyclic amines) is 1. The lowest BCUT2D eigenvalue weighted by Gasteiger charge is -2.23. The molecule has 0 saturated carbocycles. The molecule has 11 nitrogen and oxygen atoms in total. The van der Waals surface area contributed by atoms with Crippen molar-refractivity contribution in [3.05, 3.63) is 77.4 Å². The molecule has 0 unspecified atom stereocenters. The minimum Gasteiger partial charge on any atom is -0.493 e. The van der Waals surface area contributed by atoms with Gasteiger partial charge in [0.05, 0.1) is 18.9 Å². The molecular weight excluding hydrogens is 596 g/mol. The number of sulfonamides is 1. The van der Waals surface area contributed by atoms with Gasteiger partial charge in [0.1, 0.15) is 11.9 Å². The highest BCUT2D eigenvalue weighted by molar-refractivity contribution is 7.89. The van der Waals surface area contributed by atoms with Crippen molar-refractivity contribution in [1.29, 1.82) is 0 Å². The molecule has 2 atom stereocenters. The van der Waals surface area contributed by atoms with Gasteiger partial charge in [-0.1, -0.05) is 24.3 Å². The molecule has 2 amide bonds. The average molecular weight is 637 g/mol. The maximum absolute atomic E-state index is 13.7. The van der Waals surface area contributed by atoms with Crippen LogP contribution in [0.3, 0.4) is 0 Å². The second-order valence-corrected chi connectivity index (χ2v) is 13.9. The Bertz CT molecular complexity index is 1660. The predicted molar refractivity (Wildman–Crippen MR) is 171 cm³/mol. The molecule has 3 aromatic carbocycles. The van der Waals surface area contributed by atoms with E-state index in [4.69, 9.17) is 14.2 Å². The van der Waals surface area contributed by atoms with E-state index < -0.39 is 16.1 Å². The van der Waals surface area contributed by atoms with Gasteiger partial charge in [0.2, 0.25) is 10.0 Å². The molecule has 6 rings (SSSR count). The number of nitrogens with zero attached hydrogens (tertiary/aromatic N) is 2.